The van der Waals surface area contributed by atoms with Crippen molar-refractivity contribution < 1.29 is 9.59 Å². The molecule has 1 fully saturated rings. The van der Waals surface area contributed by atoms with Gasteiger partial charge in [0.05, 0.1) is 11.3 Å². The van der Waals surface area contributed by atoms with E-state index in [1.165, 1.54) is 22.9 Å². The summed E-state index contributed by atoms with van der Waals surface area (Å²) in [5.41, 5.74) is 2.97. The quantitative estimate of drug-likeness (QED) is 0.798. The topological polar surface area (TPSA) is 89.2 Å². The minimum Gasteiger partial charge on any atom is -0.349 e. The number of likely N-dealkylation sites (N-methyl/N-ethyl adjacent to an activating group) is 1. The number of nitrogens with one attached hydrogen (secondary N) is 1. The van der Waals surface area contributed by atoms with Crippen molar-refractivity contribution in [2.45, 2.75) is 58.7 Å². The number of aryl methyl sites for hydroxylation is 2. The van der Waals surface area contributed by atoms with Gasteiger partial charge in [-0.3, -0.25) is 19.1 Å². The number of hydrogen-bond donors (Lipinski definition) is 1. The summed E-state index contributed by atoms with van der Waals surface area (Å²) in [7, 11) is 3.57. The number of carbonyl (C=O) groups is 2. The van der Waals surface area contributed by atoms with Crippen molar-refractivity contribution in [2.24, 2.45) is 7.05 Å². The van der Waals surface area contributed by atoms with Crippen LogP contribution in [0.4, 0.5) is 0 Å². The van der Waals surface area contributed by atoms with Crippen LogP contribution in [0.2, 0.25) is 0 Å². The van der Waals surface area contributed by atoms with E-state index in [1.54, 1.807) is 16.6 Å². The Labute approximate surface area is 170 Å². The van der Waals surface area contributed by atoms with E-state index in [4.69, 9.17) is 0 Å². The van der Waals surface area contributed by atoms with Crippen molar-refractivity contribution in [1.82, 2.24) is 24.6 Å². The summed E-state index contributed by atoms with van der Waals surface area (Å²) in [6, 6.07) is 3.05. The molecule has 0 atom stereocenters. The van der Waals surface area contributed by atoms with Gasteiger partial charge in [0.15, 0.2) is 0 Å². The van der Waals surface area contributed by atoms with E-state index in [1.807, 2.05) is 20.9 Å². The van der Waals surface area contributed by atoms with E-state index in [2.05, 4.69) is 10.4 Å². The van der Waals surface area contributed by atoms with Gasteiger partial charge in [-0.05, 0) is 32.8 Å². The Balaban J connectivity index is 1.69. The summed E-state index contributed by atoms with van der Waals surface area (Å²) in [4.78, 5) is 39.0. The summed E-state index contributed by atoms with van der Waals surface area (Å²) in [6.07, 6.45) is 5.70. The zero-order valence-corrected chi connectivity index (χ0v) is 17.6. The van der Waals surface area contributed by atoms with Gasteiger partial charge >= 0.3 is 0 Å². The Kier molecular flexibility index (Phi) is 6.20. The van der Waals surface area contributed by atoms with E-state index >= 15 is 0 Å². The van der Waals surface area contributed by atoms with Crippen molar-refractivity contribution in [3.63, 3.8) is 0 Å². The van der Waals surface area contributed by atoms with Gasteiger partial charge in [0.2, 0.25) is 5.91 Å². The minimum atomic E-state index is -0.307. The summed E-state index contributed by atoms with van der Waals surface area (Å²) in [5.74, 6) is -0.406. The third-order valence-electron chi connectivity index (χ3n) is 5.72. The SMILES string of the molecule is Cc1nn(C)c(C)c1CN(C)C(=O)Cn1cc(C(=O)NC2CCCC2)ccc1=O. The van der Waals surface area contributed by atoms with Crippen LogP contribution in [0.15, 0.2) is 23.1 Å². The number of amides is 2. The first-order valence-electron chi connectivity index (χ1n) is 10.0. The molecule has 0 saturated heterocycles. The van der Waals surface area contributed by atoms with Gasteiger partial charge in [0, 0.05) is 50.2 Å². The number of nitrogens with zero attached hydrogens (tertiary/aromatic N) is 4. The number of rotatable bonds is 6. The third kappa shape index (κ3) is 4.75. The molecule has 29 heavy (non-hydrogen) atoms. The van der Waals surface area contributed by atoms with Gasteiger partial charge in [0.25, 0.3) is 11.5 Å². The van der Waals surface area contributed by atoms with Crippen LogP contribution in [0.25, 0.3) is 0 Å². The predicted molar refractivity (Wildman–Crippen MR) is 110 cm³/mol. The van der Waals surface area contributed by atoms with Gasteiger partial charge in [-0.2, -0.15) is 5.10 Å². The number of hydrogen-bond acceptors (Lipinski definition) is 4. The highest BCUT2D eigenvalue weighted by Crippen LogP contribution is 2.18. The monoisotopic (exact) mass is 399 g/mol. The molecule has 0 aromatic carbocycles. The first-order valence-corrected chi connectivity index (χ1v) is 10.0. The molecule has 1 N–H and O–H groups in total. The first-order chi connectivity index (χ1) is 13.8. The fourth-order valence-electron chi connectivity index (χ4n) is 3.77. The van der Waals surface area contributed by atoms with E-state index in [0.29, 0.717) is 12.1 Å². The highest BCUT2D eigenvalue weighted by atomic mass is 16.2. The maximum Gasteiger partial charge on any atom is 0.252 e. The molecule has 2 heterocycles. The average Bonchev–Trinajstić information content (AvgIpc) is 3.27. The predicted octanol–water partition coefficient (Wildman–Crippen LogP) is 1.53. The number of carbonyl (C=O) groups excluding carboxylic acids is 2. The highest BCUT2D eigenvalue weighted by Gasteiger charge is 2.20. The molecular formula is C21H29N5O3. The van der Waals surface area contributed by atoms with E-state index in [-0.39, 0.29) is 30.0 Å². The molecule has 2 aromatic heterocycles. The number of pyridine rings is 1. The lowest BCUT2D eigenvalue weighted by Crippen LogP contribution is -2.36. The largest absolute Gasteiger partial charge is 0.349 e. The van der Waals surface area contributed by atoms with Gasteiger partial charge in [0.1, 0.15) is 6.54 Å². The molecule has 0 radical (unpaired) electrons. The maximum atomic E-state index is 12.7. The molecule has 156 valence electrons. The normalized spacial score (nSPS) is 14.2. The molecule has 3 rings (SSSR count). The lowest BCUT2D eigenvalue weighted by atomic mass is 10.2. The second-order valence-electron chi connectivity index (χ2n) is 7.86. The second kappa shape index (κ2) is 8.63. The summed E-state index contributed by atoms with van der Waals surface area (Å²) < 4.78 is 3.09. The van der Waals surface area contributed by atoms with Crippen LogP contribution in [-0.4, -0.2) is 44.2 Å². The van der Waals surface area contributed by atoms with Crippen molar-refractivity contribution >= 4 is 11.8 Å². The molecule has 0 spiro atoms. The zero-order valence-electron chi connectivity index (χ0n) is 17.6. The van der Waals surface area contributed by atoms with Crippen LogP contribution < -0.4 is 10.9 Å². The molecule has 0 unspecified atom stereocenters. The molecule has 2 amide bonds. The van der Waals surface area contributed by atoms with Crippen LogP contribution in [0, 0.1) is 13.8 Å². The average molecular weight is 399 g/mol. The Bertz CT molecular complexity index is 969. The lowest BCUT2D eigenvalue weighted by molar-refractivity contribution is -0.131. The van der Waals surface area contributed by atoms with Crippen LogP contribution in [0.1, 0.15) is 53.0 Å². The van der Waals surface area contributed by atoms with Crippen molar-refractivity contribution in [3.05, 3.63) is 51.2 Å². The molecule has 2 aromatic rings. The Hall–Kier alpha value is -2.90. The smallest absolute Gasteiger partial charge is 0.252 e. The summed E-state index contributed by atoms with van der Waals surface area (Å²) in [5, 5.41) is 7.38. The standard InChI is InChI=1S/C21H29N5O3/c1-14-18(15(2)25(4)23-14)12-24(3)20(28)13-26-11-16(9-10-19(26)27)21(29)22-17-7-5-6-8-17/h9-11,17H,5-8,12-13H2,1-4H3,(H,22,29). The molecule has 0 bridgehead atoms. The lowest BCUT2D eigenvalue weighted by Gasteiger charge is -2.19. The van der Waals surface area contributed by atoms with Crippen molar-refractivity contribution in [1.29, 1.82) is 0 Å². The minimum absolute atomic E-state index is 0.113. The van der Waals surface area contributed by atoms with Gasteiger partial charge in [-0.1, -0.05) is 12.8 Å². The van der Waals surface area contributed by atoms with Crippen molar-refractivity contribution in [3.8, 4) is 0 Å². The molecule has 1 aliphatic carbocycles. The zero-order chi connectivity index (χ0) is 21.1. The Morgan fingerprint density at radius 3 is 2.55 bits per heavy atom. The number of aromatic nitrogens is 3. The van der Waals surface area contributed by atoms with Crippen LogP contribution in [-0.2, 0) is 24.9 Å². The Morgan fingerprint density at radius 2 is 1.93 bits per heavy atom. The van der Waals surface area contributed by atoms with Gasteiger partial charge < -0.3 is 14.8 Å². The molecule has 1 saturated carbocycles. The molecule has 1 aliphatic rings. The van der Waals surface area contributed by atoms with Crippen LogP contribution in [0.3, 0.4) is 0 Å². The van der Waals surface area contributed by atoms with Crippen LogP contribution >= 0.6 is 0 Å². The maximum absolute atomic E-state index is 12.7. The van der Waals surface area contributed by atoms with Gasteiger partial charge in [-0.25, -0.2) is 0 Å². The molecule has 8 nitrogen and oxygen atoms in total. The van der Waals surface area contributed by atoms with E-state index in [9.17, 15) is 14.4 Å². The second-order valence-corrected chi connectivity index (χ2v) is 7.86. The van der Waals surface area contributed by atoms with E-state index < -0.39 is 0 Å². The highest BCUT2D eigenvalue weighted by molar-refractivity contribution is 5.94. The van der Waals surface area contributed by atoms with Gasteiger partial charge in [-0.15, -0.1) is 0 Å². The molecule has 8 heteroatoms. The van der Waals surface area contributed by atoms with E-state index in [0.717, 1.165) is 42.6 Å². The van der Waals surface area contributed by atoms with Crippen molar-refractivity contribution in [2.75, 3.05) is 7.05 Å². The fraction of sp³-hybridized carbons (Fsp3) is 0.524. The molecule has 0 aliphatic heterocycles. The summed E-state index contributed by atoms with van der Waals surface area (Å²) in [6.45, 7) is 4.18. The summed E-state index contributed by atoms with van der Waals surface area (Å²) >= 11 is 0. The first kappa shape index (κ1) is 20.8. The Morgan fingerprint density at radius 1 is 1.24 bits per heavy atom. The fourth-order valence-corrected chi connectivity index (χ4v) is 3.77. The molecular weight excluding hydrogens is 370 g/mol. The van der Waals surface area contributed by atoms with Crippen LogP contribution in [0.5, 0.6) is 0 Å². The third-order valence-corrected chi connectivity index (χ3v) is 5.72.